The Bertz CT molecular complexity index is 476. The molecule has 17 heavy (non-hydrogen) atoms. The van der Waals surface area contributed by atoms with E-state index in [1.54, 1.807) is 0 Å². The van der Waals surface area contributed by atoms with Crippen molar-refractivity contribution in [2.45, 2.75) is 13.5 Å². The molecule has 0 bridgehead atoms. The number of rotatable bonds is 4. The standard InChI is InChI=1S/C9H6F3NO4/c1-4(14)5-2-3-6(13(15)16)7(10)8(5)17-9(11)12/h2-3,9H,1H3. The number of hydrogen-bond donors (Lipinski definition) is 0. The molecule has 0 atom stereocenters. The minimum Gasteiger partial charge on any atom is -0.431 e. The summed E-state index contributed by atoms with van der Waals surface area (Å²) in [6.07, 6.45) is 0. The molecule has 0 fully saturated rings. The van der Waals surface area contributed by atoms with Crippen LogP contribution >= 0.6 is 0 Å². The Morgan fingerprint density at radius 1 is 1.47 bits per heavy atom. The number of Topliss-reactive ketones (excluding diaryl/α,β-unsaturated/α-hetero) is 1. The van der Waals surface area contributed by atoms with Gasteiger partial charge in [0.15, 0.2) is 11.5 Å². The zero-order valence-electron chi connectivity index (χ0n) is 8.45. The summed E-state index contributed by atoms with van der Waals surface area (Å²) in [7, 11) is 0. The fraction of sp³-hybridized carbons (Fsp3) is 0.222. The van der Waals surface area contributed by atoms with Crippen LogP contribution in [-0.4, -0.2) is 17.3 Å². The molecule has 1 aromatic rings. The van der Waals surface area contributed by atoms with E-state index < -0.39 is 40.1 Å². The van der Waals surface area contributed by atoms with Crippen molar-refractivity contribution < 1.29 is 27.6 Å². The number of nitro benzene ring substituents is 1. The second-order valence-corrected chi connectivity index (χ2v) is 2.97. The number of halogens is 3. The lowest BCUT2D eigenvalue weighted by Crippen LogP contribution is -2.09. The normalized spacial score (nSPS) is 10.4. The van der Waals surface area contributed by atoms with E-state index in [9.17, 15) is 28.1 Å². The molecule has 0 heterocycles. The van der Waals surface area contributed by atoms with Crippen molar-refractivity contribution in [3.05, 3.63) is 33.6 Å². The van der Waals surface area contributed by atoms with Crippen LogP contribution in [0.5, 0.6) is 5.75 Å². The second kappa shape index (κ2) is 4.81. The fourth-order valence-corrected chi connectivity index (χ4v) is 1.17. The summed E-state index contributed by atoms with van der Waals surface area (Å²) in [6, 6.07) is 1.58. The van der Waals surface area contributed by atoms with Crippen molar-refractivity contribution in [2.75, 3.05) is 0 Å². The van der Waals surface area contributed by atoms with Crippen LogP contribution < -0.4 is 4.74 Å². The van der Waals surface area contributed by atoms with Gasteiger partial charge in [-0.15, -0.1) is 0 Å². The number of hydrogen-bond acceptors (Lipinski definition) is 4. The van der Waals surface area contributed by atoms with E-state index >= 15 is 0 Å². The van der Waals surface area contributed by atoms with Gasteiger partial charge in [0.1, 0.15) is 0 Å². The second-order valence-electron chi connectivity index (χ2n) is 2.97. The Labute approximate surface area is 93.0 Å². The molecule has 0 saturated carbocycles. The zero-order chi connectivity index (χ0) is 13.2. The molecule has 0 aliphatic rings. The largest absolute Gasteiger partial charge is 0.431 e. The smallest absolute Gasteiger partial charge is 0.387 e. The summed E-state index contributed by atoms with van der Waals surface area (Å²) in [5.41, 5.74) is -1.51. The van der Waals surface area contributed by atoms with Crippen LogP contribution in [0, 0.1) is 15.9 Å². The minimum absolute atomic E-state index is 0.478. The van der Waals surface area contributed by atoms with Crippen molar-refractivity contribution in [1.82, 2.24) is 0 Å². The van der Waals surface area contributed by atoms with Crippen LogP contribution in [0.1, 0.15) is 17.3 Å². The molecular formula is C9H6F3NO4. The lowest BCUT2D eigenvalue weighted by molar-refractivity contribution is -0.387. The maximum absolute atomic E-state index is 13.5. The van der Waals surface area contributed by atoms with Gasteiger partial charge in [0.05, 0.1) is 10.5 Å². The Hall–Kier alpha value is -2.12. The first-order valence-corrected chi connectivity index (χ1v) is 4.27. The molecule has 92 valence electrons. The van der Waals surface area contributed by atoms with Gasteiger partial charge in [-0.1, -0.05) is 0 Å². The van der Waals surface area contributed by atoms with Gasteiger partial charge < -0.3 is 4.74 Å². The van der Waals surface area contributed by atoms with Crippen LogP contribution in [-0.2, 0) is 0 Å². The molecule has 0 aliphatic heterocycles. The molecule has 0 unspecified atom stereocenters. The average Bonchev–Trinajstić information content (AvgIpc) is 2.19. The van der Waals surface area contributed by atoms with Crippen LogP contribution in [0.3, 0.4) is 0 Å². The fourth-order valence-electron chi connectivity index (χ4n) is 1.17. The SMILES string of the molecule is CC(=O)c1ccc([N+](=O)[O-])c(F)c1OC(F)F. The molecule has 0 saturated heterocycles. The Morgan fingerprint density at radius 3 is 2.47 bits per heavy atom. The van der Waals surface area contributed by atoms with E-state index in [-0.39, 0.29) is 0 Å². The number of nitro groups is 1. The van der Waals surface area contributed by atoms with Crippen molar-refractivity contribution in [2.24, 2.45) is 0 Å². The van der Waals surface area contributed by atoms with Crippen molar-refractivity contribution in [1.29, 1.82) is 0 Å². The molecule has 0 spiro atoms. The van der Waals surface area contributed by atoms with E-state index in [2.05, 4.69) is 4.74 Å². The molecular weight excluding hydrogens is 243 g/mol. The van der Waals surface area contributed by atoms with Gasteiger partial charge in [-0.05, 0) is 13.0 Å². The highest BCUT2D eigenvalue weighted by Gasteiger charge is 2.26. The van der Waals surface area contributed by atoms with E-state index in [0.717, 1.165) is 13.0 Å². The van der Waals surface area contributed by atoms with Gasteiger partial charge in [0.2, 0.25) is 5.82 Å². The predicted octanol–water partition coefficient (Wildman–Crippen LogP) is 2.54. The summed E-state index contributed by atoms with van der Waals surface area (Å²) >= 11 is 0. The van der Waals surface area contributed by atoms with Crippen molar-refractivity contribution in [3.8, 4) is 5.75 Å². The summed E-state index contributed by atoms with van der Waals surface area (Å²) in [6.45, 7) is -2.39. The van der Waals surface area contributed by atoms with E-state index in [0.29, 0.717) is 6.07 Å². The monoisotopic (exact) mass is 249 g/mol. The maximum Gasteiger partial charge on any atom is 0.387 e. The van der Waals surface area contributed by atoms with Gasteiger partial charge in [-0.25, -0.2) is 0 Å². The van der Waals surface area contributed by atoms with Gasteiger partial charge in [0.25, 0.3) is 0 Å². The van der Waals surface area contributed by atoms with Crippen molar-refractivity contribution >= 4 is 11.5 Å². The van der Waals surface area contributed by atoms with E-state index in [1.807, 2.05) is 0 Å². The number of carbonyl (C=O) groups excluding carboxylic acids is 1. The molecule has 0 aliphatic carbocycles. The molecule has 0 N–H and O–H groups in total. The van der Waals surface area contributed by atoms with Crippen LogP contribution in [0.15, 0.2) is 12.1 Å². The predicted molar refractivity (Wildman–Crippen MR) is 49.7 cm³/mol. The van der Waals surface area contributed by atoms with E-state index in [4.69, 9.17) is 0 Å². The first kappa shape index (κ1) is 12.9. The molecule has 0 amide bonds. The van der Waals surface area contributed by atoms with Crippen molar-refractivity contribution in [3.63, 3.8) is 0 Å². The molecule has 1 rings (SSSR count). The number of alkyl halides is 2. The summed E-state index contributed by atoms with van der Waals surface area (Å²) in [5, 5.41) is 10.4. The van der Waals surface area contributed by atoms with Crippen LogP contribution in [0.2, 0.25) is 0 Å². The summed E-state index contributed by atoms with van der Waals surface area (Å²) in [4.78, 5) is 20.3. The summed E-state index contributed by atoms with van der Waals surface area (Å²) < 4.78 is 41.3. The number of ether oxygens (including phenoxy) is 1. The molecule has 0 radical (unpaired) electrons. The highest BCUT2D eigenvalue weighted by Crippen LogP contribution is 2.31. The minimum atomic E-state index is -3.38. The summed E-state index contributed by atoms with van der Waals surface area (Å²) in [5.74, 6) is -3.45. The Balaban J connectivity index is 3.41. The van der Waals surface area contributed by atoms with Gasteiger partial charge in [-0.3, -0.25) is 14.9 Å². The third kappa shape index (κ3) is 2.71. The van der Waals surface area contributed by atoms with E-state index in [1.165, 1.54) is 0 Å². The third-order valence-electron chi connectivity index (χ3n) is 1.86. The van der Waals surface area contributed by atoms with Gasteiger partial charge >= 0.3 is 12.3 Å². The molecule has 0 aromatic heterocycles. The highest BCUT2D eigenvalue weighted by atomic mass is 19.3. The third-order valence-corrected chi connectivity index (χ3v) is 1.86. The maximum atomic E-state index is 13.5. The first-order chi connectivity index (χ1) is 7.84. The number of nitrogens with zero attached hydrogens (tertiary/aromatic N) is 1. The van der Waals surface area contributed by atoms with Crippen LogP contribution in [0.25, 0.3) is 0 Å². The first-order valence-electron chi connectivity index (χ1n) is 4.27. The lowest BCUT2D eigenvalue weighted by Gasteiger charge is -2.09. The highest BCUT2D eigenvalue weighted by molar-refractivity contribution is 5.97. The van der Waals surface area contributed by atoms with Gasteiger partial charge in [0, 0.05) is 6.07 Å². The molecule has 8 heteroatoms. The number of benzene rings is 1. The quantitative estimate of drug-likeness (QED) is 0.467. The number of ketones is 1. The molecule has 5 nitrogen and oxygen atoms in total. The van der Waals surface area contributed by atoms with Crippen LogP contribution in [0.4, 0.5) is 18.9 Å². The number of carbonyl (C=O) groups is 1. The lowest BCUT2D eigenvalue weighted by atomic mass is 10.1. The Morgan fingerprint density at radius 2 is 2.06 bits per heavy atom. The molecule has 1 aromatic carbocycles. The van der Waals surface area contributed by atoms with Gasteiger partial charge in [-0.2, -0.15) is 13.2 Å². The Kier molecular flexibility index (Phi) is 3.66. The zero-order valence-corrected chi connectivity index (χ0v) is 8.45. The topological polar surface area (TPSA) is 69.4 Å². The average molecular weight is 249 g/mol.